The number of halogens is 3. The molecule has 47 heavy (non-hydrogen) atoms. The summed E-state index contributed by atoms with van der Waals surface area (Å²) >= 11 is 17.5. The average Bonchev–Trinajstić information content (AvgIpc) is 3.08. The topological polar surface area (TPSA) is 107 Å². The highest BCUT2D eigenvalue weighted by molar-refractivity contribution is 6.34. The van der Waals surface area contributed by atoms with E-state index >= 15 is 0 Å². The maximum Gasteiger partial charge on any atom is 0.154 e. The number of hydrogen-bond acceptors (Lipinski definition) is 8. The monoisotopic (exact) mass is 686 g/mol. The zero-order valence-electron chi connectivity index (χ0n) is 25.3. The van der Waals surface area contributed by atoms with Gasteiger partial charge in [0.2, 0.25) is 0 Å². The van der Waals surface area contributed by atoms with Crippen LogP contribution >= 0.6 is 34.8 Å². The van der Waals surface area contributed by atoms with Crippen LogP contribution < -0.4 is 9.47 Å². The molecule has 0 aliphatic heterocycles. The first-order chi connectivity index (χ1) is 22.7. The van der Waals surface area contributed by atoms with Crippen molar-refractivity contribution in [3.05, 3.63) is 165 Å². The molecule has 0 saturated heterocycles. The molecular formula is C36H29Cl3N4O4. The third-order valence-corrected chi connectivity index (χ3v) is 7.29. The van der Waals surface area contributed by atoms with E-state index in [0.717, 1.165) is 17.2 Å². The molecule has 238 valence electrons. The molecule has 6 rings (SSSR count). The van der Waals surface area contributed by atoms with Crippen molar-refractivity contribution in [1.29, 1.82) is 0 Å². The van der Waals surface area contributed by atoms with E-state index in [1.54, 1.807) is 31.2 Å². The third kappa shape index (κ3) is 10.6. The Bertz CT molecular complexity index is 1820. The Morgan fingerprint density at radius 1 is 0.596 bits per heavy atom. The van der Waals surface area contributed by atoms with E-state index in [4.69, 9.17) is 44.3 Å². The number of para-hydroxylation sites is 2. The van der Waals surface area contributed by atoms with Crippen LogP contribution in [0.1, 0.15) is 38.8 Å². The van der Waals surface area contributed by atoms with Gasteiger partial charge in [-0.05, 0) is 67.9 Å². The smallest absolute Gasteiger partial charge is 0.154 e. The minimum absolute atomic E-state index is 0.127. The molecule has 0 spiro atoms. The van der Waals surface area contributed by atoms with Gasteiger partial charge in [-0.25, -0.2) is 19.9 Å². The molecule has 0 amide bonds. The molecule has 2 heterocycles. The highest BCUT2D eigenvalue weighted by atomic mass is 35.5. The van der Waals surface area contributed by atoms with Gasteiger partial charge < -0.3 is 14.6 Å². The van der Waals surface area contributed by atoms with Crippen molar-refractivity contribution in [3.63, 3.8) is 0 Å². The van der Waals surface area contributed by atoms with Crippen LogP contribution in [0.4, 0.5) is 0 Å². The minimum atomic E-state index is -1.01. The molecule has 1 atom stereocenters. The highest BCUT2D eigenvalue weighted by Crippen LogP contribution is 2.32. The third-order valence-electron chi connectivity index (χ3n) is 6.39. The number of carbonyl (C=O) groups excluding carboxylic acids is 1. The van der Waals surface area contributed by atoms with Crippen LogP contribution in [0.25, 0.3) is 0 Å². The largest absolute Gasteiger partial charge is 0.457 e. The molecule has 0 aliphatic rings. The van der Waals surface area contributed by atoms with Crippen LogP contribution in [0, 0.1) is 13.8 Å². The van der Waals surface area contributed by atoms with Crippen LogP contribution in [0.2, 0.25) is 15.5 Å². The second-order valence-corrected chi connectivity index (χ2v) is 10.8. The van der Waals surface area contributed by atoms with E-state index in [9.17, 15) is 9.90 Å². The molecule has 0 bridgehead atoms. The summed E-state index contributed by atoms with van der Waals surface area (Å²) in [5, 5.41) is 10.9. The fraction of sp³-hybridized carbons (Fsp3) is 0.0833. The van der Waals surface area contributed by atoms with Crippen molar-refractivity contribution in [1.82, 2.24) is 19.9 Å². The van der Waals surface area contributed by atoms with Crippen molar-refractivity contribution in [2.24, 2.45) is 0 Å². The number of benzene rings is 4. The lowest BCUT2D eigenvalue weighted by Crippen LogP contribution is -2.03. The van der Waals surface area contributed by atoms with Crippen LogP contribution in [-0.2, 0) is 0 Å². The molecule has 1 N–H and O–H groups in total. The van der Waals surface area contributed by atoms with Gasteiger partial charge in [0.25, 0.3) is 0 Å². The Hall–Kier alpha value is -4.86. The van der Waals surface area contributed by atoms with Gasteiger partial charge in [0.05, 0.1) is 16.8 Å². The molecule has 1 unspecified atom stereocenters. The van der Waals surface area contributed by atoms with E-state index < -0.39 is 6.10 Å². The van der Waals surface area contributed by atoms with Crippen LogP contribution in [0.5, 0.6) is 23.0 Å². The Labute approximate surface area is 287 Å². The Kier molecular flexibility index (Phi) is 13.2. The lowest BCUT2D eigenvalue weighted by Gasteiger charge is -2.14. The quantitative estimate of drug-likeness (QED) is 0.131. The molecule has 2 aromatic heterocycles. The molecule has 0 aliphatic carbocycles. The molecule has 6 aromatic rings. The van der Waals surface area contributed by atoms with Gasteiger partial charge in [-0.3, -0.25) is 4.79 Å². The summed E-state index contributed by atoms with van der Waals surface area (Å²) in [4.78, 5) is 25.4. The number of carbonyl (C=O) groups is 1. The SMILES string of the molecule is Cc1ccc(Oc2ccccc2)cc1.Cc1ncnc(Cl)c1C=O.OC(c1ccc(Oc2ccccc2)cc1)c1c(Cl)ncnc1Cl. The van der Waals surface area contributed by atoms with Gasteiger partial charge in [-0.1, -0.05) is 101 Å². The number of rotatable bonds is 7. The predicted octanol–water partition coefficient (Wildman–Crippen LogP) is 9.70. The van der Waals surface area contributed by atoms with Crippen LogP contribution in [0.3, 0.4) is 0 Å². The van der Waals surface area contributed by atoms with Gasteiger partial charge in [0.15, 0.2) is 6.29 Å². The number of aldehydes is 1. The van der Waals surface area contributed by atoms with Gasteiger partial charge in [-0.15, -0.1) is 0 Å². The van der Waals surface area contributed by atoms with Gasteiger partial charge in [-0.2, -0.15) is 0 Å². The predicted molar refractivity (Wildman–Crippen MR) is 184 cm³/mol. The van der Waals surface area contributed by atoms with Crippen molar-refractivity contribution in [3.8, 4) is 23.0 Å². The molecule has 0 saturated carbocycles. The maximum absolute atomic E-state index is 10.4. The summed E-state index contributed by atoms with van der Waals surface area (Å²) in [6.45, 7) is 3.77. The van der Waals surface area contributed by atoms with E-state index in [0.29, 0.717) is 28.9 Å². The summed E-state index contributed by atoms with van der Waals surface area (Å²) in [5.74, 6) is 3.15. The fourth-order valence-corrected chi connectivity index (χ4v) is 4.66. The number of aliphatic hydroxyl groups is 1. The first kappa shape index (κ1) is 35.0. The number of nitrogens with zero attached hydrogens (tertiary/aromatic N) is 4. The van der Waals surface area contributed by atoms with E-state index in [2.05, 4.69) is 26.9 Å². The summed E-state index contributed by atoms with van der Waals surface area (Å²) in [5.41, 5.74) is 3.11. The van der Waals surface area contributed by atoms with E-state index in [-0.39, 0.29) is 21.0 Å². The van der Waals surface area contributed by atoms with Gasteiger partial charge in [0, 0.05) is 0 Å². The van der Waals surface area contributed by atoms with Gasteiger partial charge >= 0.3 is 0 Å². The van der Waals surface area contributed by atoms with Crippen molar-refractivity contribution >= 4 is 41.1 Å². The molecular weight excluding hydrogens is 659 g/mol. The normalized spacial score (nSPS) is 10.8. The Morgan fingerprint density at radius 2 is 1.02 bits per heavy atom. The molecule has 0 radical (unpaired) electrons. The number of hydrogen-bond donors (Lipinski definition) is 1. The number of aryl methyl sites for hydroxylation is 2. The summed E-state index contributed by atoms with van der Waals surface area (Å²) < 4.78 is 11.3. The highest BCUT2D eigenvalue weighted by Gasteiger charge is 2.19. The van der Waals surface area contributed by atoms with Crippen LogP contribution in [0.15, 0.2) is 122 Å². The zero-order chi connectivity index (χ0) is 33.6. The summed E-state index contributed by atoms with van der Waals surface area (Å²) in [7, 11) is 0. The summed E-state index contributed by atoms with van der Waals surface area (Å²) in [6, 6.07) is 34.3. The standard InChI is InChI=1S/C17H12Cl2N2O2.C13H12O.C6H5ClN2O/c18-16-14(17(19)21-10-20-16)15(22)11-6-8-13(9-7-11)23-12-4-2-1-3-5-12;1-11-7-9-13(10-8-11)14-12-5-3-2-4-6-12;1-4-5(2-10)6(7)9-3-8-4/h1-10,15,22H;2-10H,1H3;2-3H,1H3. The molecule has 11 heteroatoms. The maximum atomic E-state index is 10.4. The molecule has 0 fully saturated rings. The Morgan fingerprint density at radius 3 is 1.47 bits per heavy atom. The van der Waals surface area contributed by atoms with Crippen molar-refractivity contribution in [2.75, 3.05) is 0 Å². The second kappa shape index (κ2) is 17.7. The lowest BCUT2D eigenvalue weighted by molar-refractivity contribution is 0.112. The van der Waals surface area contributed by atoms with Crippen molar-refractivity contribution < 1.29 is 19.4 Å². The Balaban J connectivity index is 0.000000177. The van der Waals surface area contributed by atoms with E-state index in [1.807, 2.05) is 84.9 Å². The zero-order valence-corrected chi connectivity index (χ0v) is 27.6. The first-order valence-electron chi connectivity index (χ1n) is 14.1. The fourth-order valence-electron chi connectivity index (χ4n) is 3.91. The van der Waals surface area contributed by atoms with Crippen molar-refractivity contribution in [2.45, 2.75) is 20.0 Å². The minimum Gasteiger partial charge on any atom is -0.457 e. The first-order valence-corrected chi connectivity index (χ1v) is 15.3. The average molecular weight is 688 g/mol. The molecule has 8 nitrogen and oxygen atoms in total. The van der Waals surface area contributed by atoms with E-state index in [1.165, 1.54) is 18.2 Å². The molecule has 4 aromatic carbocycles. The second-order valence-electron chi connectivity index (χ2n) is 9.77. The summed E-state index contributed by atoms with van der Waals surface area (Å²) in [6.07, 6.45) is 2.21. The number of aromatic nitrogens is 4. The number of aliphatic hydroxyl groups excluding tert-OH is 1. The van der Waals surface area contributed by atoms with Crippen LogP contribution in [-0.4, -0.2) is 31.3 Å². The number of ether oxygens (including phenoxy) is 2. The van der Waals surface area contributed by atoms with Gasteiger partial charge in [0.1, 0.15) is 57.2 Å². The lowest BCUT2D eigenvalue weighted by atomic mass is 10.0.